The van der Waals surface area contributed by atoms with Gasteiger partial charge in [0.15, 0.2) is 12.4 Å². The van der Waals surface area contributed by atoms with E-state index in [0.29, 0.717) is 19.8 Å². The Hall–Kier alpha value is -1.07. The van der Waals surface area contributed by atoms with E-state index in [2.05, 4.69) is 0 Å². The number of nitrogens with one attached hydrogen (secondary N) is 1. The highest BCUT2D eigenvalue weighted by Crippen LogP contribution is 2.31. The molecule has 3 aliphatic heterocycles. The van der Waals surface area contributed by atoms with Gasteiger partial charge in [-0.1, -0.05) is 17.7 Å². The summed E-state index contributed by atoms with van der Waals surface area (Å²) in [4.78, 5) is 1.17. The topological polar surface area (TPSA) is 95.7 Å². The molecule has 0 saturated carbocycles. The molecule has 0 radical (unpaired) electrons. The minimum absolute atomic E-state index is 0.0469. The molecule has 0 aliphatic carbocycles. The van der Waals surface area contributed by atoms with Crippen molar-refractivity contribution in [3.8, 4) is 0 Å². The summed E-state index contributed by atoms with van der Waals surface area (Å²) >= 11 is 0. The summed E-state index contributed by atoms with van der Waals surface area (Å²) in [6.07, 6.45) is -3.26. The van der Waals surface area contributed by atoms with Crippen LogP contribution in [0.1, 0.15) is 5.56 Å². The van der Waals surface area contributed by atoms with Crippen LogP contribution in [-0.4, -0.2) is 77.1 Å². The highest BCUT2D eigenvalue weighted by atomic mass is 32.2. The van der Waals surface area contributed by atoms with Gasteiger partial charge >= 0.3 is 0 Å². The lowest BCUT2D eigenvalue weighted by molar-refractivity contribution is -0.941. The number of hydrogen-bond acceptors (Lipinski definition) is 7. The molecule has 144 valence electrons. The first-order valence-corrected chi connectivity index (χ1v) is 10.2. The van der Waals surface area contributed by atoms with Crippen LogP contribution < -0.4 is 4.90 Å². The minimum atomic E-state index is -4.04. The number of quaternary nitrogens is 1. The van der Waals surface area contributed by atoms with Crippen molar-refractivity contribution in [2.24, 2.45) is 0 Å². The van der Waals surface area contributed by atoms with Gasteiger partial charge in [0, 0.05) is 0 Å². The monoisotopic (exact) mass is 386 g/mol. The average Bonchev–Trinajstić information content (AvgIpc) is 3.06. The number of ether oxygens (including phenoxy) is 3. The lowest BCUT2D eigenvalue weighted by atomic mass is 9.96. The number of benzene rings is 1. The van der Waals surface area contributed by atoms with Gasteiger partial charge in [0.25, 0.3) is 10.1 Å². The second kappa shape index (κ2) is 7.16. The Morgan fingerprint density at radius 3 is 2.58 bits per heavy atom. The molecule has 0 aromatic heterocycles. The number of aryl methyl sites for hydroxylation is 1. The van der Waals surface area contributed by atoms with Crippen LogP contribution >= 0.6 is 0 Å². The van der Waals surface area contributed by atoms with Crippen molar-refractivity contribution < 1.29 is 36.8 Å². The zero-order valence-electron chi connectivity index (χ0n) is 14.5. The van der Waals surface area contributed by atoms with Crippen LogP contribution in [0.25, 0.3) is 0 Å². The Morgan fingerprint density at radius 2 is 1.88 bits per heavy atom. The number of aliphatic hydroxyl groups is 1. The third-order valence-corrected chi connectivity index (χ3v) is 6.59. The second-order valence-electron chi connectivity index (χ2n) is 6.99. The van der Waals surface area contributed by atoms with E-state index in [-0.39, 0.29) is 17.0 Å². The van der Waals surface area contributed by atoms with E-state index in [1.807, 2.05) is 6.92 Å². The number of rotatable bonds is 4. The molecule has 4 rings (SSSR count). The maximum atomic E-state index is 12.6. The van der Waals surface area contributed by atoms with Gasteiger partial charge in [-0.05, 0) is 19.1 Å². The Morgan fingerprint density at radius 1 is 1.19 bits per heavy atom. The van der Waals surface area contributed by atoms with E-state index in [9.17, 15) is 13.5 Å². The Bertz CT molecular complexity index is 732. The van der Waals surface area contributed by atoms with Crippen molar-refractivity contribution in [2.45, 2.75) is 42.5 Å². The Balaban J connectivity index is 1.56. The molecule has 5 atom stereocenters. The predicted molar refractivity (Wildman–Crippen MR) is 89.2 cm³/mol. The van der Waals surface area contributed by atoms with Crippen LogP contribution in [0.15, 0.2) is 29.2 Å². The lowest BCUT2D eigenvalue weighted by Gasteiger charge is -2.41. The van der Waals surface area contributed by atoms with Crippen LogP contribution in [0.2, 0.25) is 0 Å². The SMILES string of the molecule is Cc1ccc(S(=O)(=O)O[C@H]2[C@@H]3OC[C@@H](O3)[C@@H]([NH+]3CCOCC3)[C@H]2O)cc1. The first-order chi connectivity index (χ1) is 12.5. The van der Waals surface area contributed by atoms with Gasteiger partial charge in [-0.2, -0.15) is 8.42 Å². The molecular weight excluding hydrogens is 362 g/mol. The summed E-state index contributed by atoms with van der Waals surface area (Å²) in [7, 11) is -4.04. The molecular formula is C17H24NO7S+. The van der Waals surface area contributed by atoms with Crippen molar-refractivity contribution in [2.75, 3.05) is 32.9 Å². The van der Waals surface area contributed by atoms with Crippen LogP contribution in [0.3, 0.4) is 0 Å². The molecule has 3 saturated heterocycles. The van der Waals surface area contributed by atoms with Crippen LogP contribution in [0.4, 0.5) is 0 Å². The van der Waals surface area contributed by atoms with Gasteiger partial charge < -0.3 is 24.2 Å². The summed E-state index contributed by atoms with van der Waals surface area (Å²) in [6, 6.07) is 6.07. The van der Waals surface area contributed by atoms with Gasteiger partial charge in [0.2, 0.25) is 0 Å². The smallest absolute Gasteiger partial charge is 0.297 e. The molecule has 8 nitrogen and oxygen atoms in total. The first-order valence-electron chi connectivity index (χ1n) is 8.83. The maximum absolute atomic E-state index is 12.6. The van der Waals surface area contributed by atoms with Crippen molar-refractivity contribution in [3.05, 3.63) is 29.8 Å². The van der Waals surface area contributed by atoms with E-state index in [4.69, 9.17) is 18.4 Å². The molecule has 2 bridgehead atoms. The summed E-state index contributed by atoms with van der Waals surface area (Å²) in [5, 5.41) is 10.9. The van der Waals surface area contributed by atoms with E-state index >= 15 is 0 Å². The molecule has 9 heteroatoms. The molecule has 3 aliphatic rings. The molecule has 3 heterocycles. The van der Waals surface area contributed by atoms with Crippen LogP contribution in [0, 0.1) is 6.92 Å². The van der Waals surface area contributed by atoms with Gasteiger partial charge in [0.1, 0.15) is 31.3 Å². The summed E-state index contributed by atoms with van der Waals surface area (Å²) in [5.41, 5.74) is 0.947. The molecule has 1 aromatic carbocycles. The molecule has 2 N–H and O–H groups in total. The highest BCUT2D eigenvalue weighted by molar-refractivity contribution is 7.86. The van der Waals surface area contributed by atoms with E-state index in [0.717, 1.165) is 23.6 Å². The number of fused-ring (bicyclic) bond motifs is 2. The first kappa shape index (κ1) is 18.3. The normalized spacial score (nSPS) is 35.5. The van der Waals surface area contributed by atoms with Gasteiger partial charge in [0.05, 0.1) is 24.7 Å². The van der Waals surface area contributed by atoms with Crippen molar-refractivity contribution in [3.63, 3.8) is 0 Å². The summed E-state index contributed by atoms with van der Waals surface area (Å²) in [6.45, 7) is 4.85. The molecule has 1 aromatic rings. The molecule has 0 spiro atoms. The van der Waals surface area contributed by atoms with Crippen molar-refractivity contribution >= 4 is 10.1 Å². The molecule has 0 unspecified atom stereocenters. The average molecular weight is 386 g/mol. The Kier molecular flexibility index (Phi) is 5.04. The van der Waals surface area contributed by atoms with Crippen LogP contribution in [0.5, 0.6) is 0 Å². The van der Waals surface area contributed by atoms with Crippen molar-refractivity contribution in [1.29, 1.82) is 0 Å². The fraction of sp³-hybridized carbons (Fsp3) is 0.647. The third kappa shape index (κ3) is 3.40. The van der Waals surface area contributed by atoms with Gasteiger partial charge in [-0.3, -0.25) is 4.18 Å². The minimum Gasteiger partial charge on any atom is -0.384 e. The van der Waals surface area contributed by atoms with Gasteiger partial charge in [-0.15, -0.1) is 0 Å². The third-order valence-electron chi connectivity index (χ3n) is 5.26. The number of hydrogen-bond donors (Lipinski definition) is 2. The number of aliphatic hydroxyl groups excluding tert-OH is 1. The number of morpholine rings is 1. The fourth-order valence-corrected chi connectivity index (χ4v) is 4.94. The summed E-state index contributed by atoms with van der Waals surface area (Å²) < 4.78 is 47.4. The van der Waals surface area contributed by atoms with Crippen LogP contribution in [-0.2, 0) is 28.5 Å². The quantitative estimate of drug-likeness (QED) is 0.606. The zero-order valence-corrected chi connectivity index (χ0v) is 15.4. The second-order valence-corrected chi connectivity index (χ2v) is 8.56. The van der Waals surface area contributed by atoms with E-state index < -0.39 is 28.6 Å². The highest BCUT2D eigenvalue weighted by Gasteiger charge is 2.56. The molecule has 3 fully saturated rings. The summed E-state index contributed by atoms with van der Waals surface area (Å²) in [5.74, 6) is 0. The maximum Gasteiger partial charge on any atom is 0.297 e. The standard InChI is InChI=1S/C17H23NO7S/c1-11-2-4-12(5-3-11)26(20,21)25-16-15(19)14(13-10-23-17(16)24-13)18-6-8-22-9-7-18/h2-5,13-17,19H,6-10H2,1H3/p+1/t13-,14-,15-,16-,17-/m1/s1. The van der Waals surface area contributed by atoms with E-state index in [1.54, 1.807) is 12.1 Å². The van der Waals surface area contributed by atoms with Crippen molar-refractivity contribution in [1.82, 2.24) is 0 Å². The lowest BCUT2D eigenvalue weighted by Crippen LogP contribution is -3.20. The predicted octanol–water partition coefficient (Wildman–Crippen LogP) is -1.53. The van der Waals surface area contributed by atoms with Gasteiger partial charge in [-0.25, -0.2) is 0 Å². The molecule has 0 amide bonds. The largest absolute Gasteiger partial charge is 0.384 e. The van der Waals surface area contributed by atoms with E-state index in [1.165, 1.54) is 12.1 Å². The zero-order chi connectivity index (χ0) is 18.3. The fourth-order valence-electron chi connectivity index (χ4n) is 3.87. The molecule has 26 heavy (non-hydrogen) atoms. The Labute approximate surface area is 152 Å².